The molecule has 126 valence electrons. The Kier molecular flexibility index (Phi) is 4.51. The SMILES string of the molecule is CCOC(=O)c1nc2ccccn2c1N=Nc1cccc(C(=O)O)c1. The average molecular weight is 338 g/mol. The highest BCUT2D eigenvalue weighted by molar-refractivity contribution is 5.93. The normalized spacial score (nSPS) is 11.1. The van der Waals surface area contributed by atoms with E-state index in [0.717, 1.165) is 0 Å². The van der Waals surface area contributed by atoms with E-state index in [9.17, 15) is 9.59 Å². The van der Waals surface area contributed by atoms with E-state index in [1.54, 1.807) is 47.9 Å². The summed E-state index contributed by atoms with van der Waals surface area (Å²) < 4.78 is 6.61. The van der Waals surface area contributed by atoms with Crippen molar-refractivity contribution in [1.82, 2.24) is 9.38 Å². The molecule has 0 spiro atoms. The van der Waals surface area contributed by atoms with Gasteiger partial charge in [-0.3, -0.25) is 4.40 Å². The highest BCUT2D eigenvalue weighted by Crippen LogP contribution is 2.25. The molecule has 0 amide bonds. The number of esters is 1. The van der Waals surface area contributed by atoms with Crippen LogP contribution in [0.1, 0.15) is 27.8 Å². The summed E-state index contributed by atoms with van der Waals surface area (Å²) in [6, 6.07) is 11.3. The first-order valence-corrected chi connectivity index (χ1v) is 7.49. The minimum absolute atomic E-state index is 0.0474. The van der Waals surface area contributed by atoms with E-state index in [4.69, 9.17) is 9.84 Å². The molecule has 0 bridgehead atoms. The van der Waals surface area contributed by atoms with E-state index < -0.39 is 11.9 Å². The van der Waals surface area contributed by atoms with Crippen molar-refractivity contribution in [3.8, 4) is 0 Å². The largest absolute Gasteiger partial charge is 0.478 e. The number of hydrogen-bond donors (Lipinski definition) is 1. The molecule has 0 saturated carbocycles. The number of benzene rings is 1. The van der Waals surface area contributed by atoms with E-state index in [-0.39, 0.29) is 23.7 Å². The number of hydrogen-bond acceptors (Lipinski definition) is 6. The number of carboxylic acid groups (broad SMARTS) is 1. The molecule has 0 aliphatic heterocycles. The minimum Gasteiger partial charge on any atom is -0.478 e. The number of aromatic nitrogens is 2. The van der Waals surface area contributed by atoms with Crippen molar-refractivity contribution in [2.45, 2.75) is 6.92 Å². The lowest BCUT2D eigenvalue weighted by atomic mass is 10.2. The van der Waals surface area contributed by atoms with Crippen LogP contribution in [-0.4, -0.2) is 33.0 Å². The summed E-state index contributed by atoms with van der Waals surface area (Å²) in [5, 5.41) is 17.2. The molecule has 0 atom stereocenters. The fourth-order valence-corrected chi connectivity index (χ4v) is 2.22. The van der Waals surface area contributed by atoms with Crippen molar-refractivity contribution in [3.63, 3.8) is 0 Å². The van der Waals surface area contributed by atoms with Crippen molar-refractivity contribution in [3.05, 3.63) is 59.9 Å². The number of aromatic carboxylic acids is 1. The van der Waals surface area contributed by atoms with Crippen LogP contribution in [0.2, 0.25) is 0 Å². The number of imidazole rings is 1. The molecule has 0 saturated heterocycles. The number of rotatable bonds is 5. The number of azo groups is 1. The molecule has 3 rings (SSSR count). The van der Waals surface area contributed by atoms with Gasteiger partial charge in [0, 0.05) is 6.20 Å². The monoisotopic (exact) mass is 338 g/mol. The number of carbonyl (C=O) groups is 2. The highest BCUT2D eigenvalue weighted by Gasteiger charge is 2.20. The lowest BCUT2D eigenvalue weighted by molar-refractivity contribution is 0.0520. The Hall–Kier alpha value is -3.55. The maximum atomic E-state index is 12.1. The quantitative estimate of drug-likeness (QED) is 0.565. The van der Waals surface area contributed by atoms with Crippen LogP contribution in [0.5, 0.6) is 0 Å². The number of nitrogens with zero attached hydrogens (tertiary/aromatic N) is 4. The summed E-state index contributed by atoms with van der Waals surface area (Å²) in [7, 11) is 0. The molecular weight excluding hydrogens is 324 g/mol. The second kappa shape index (κ2) is 6.91. The van der Waals surface area contributed by atoms with Crippen LogP contribution in [0.15, 0.2) is 58.9 Å². The Balaban J connectivity index is 2.05. The first-order valence-electron chi connectivity index (χ1n) is 7.49. The van der Waals surface area contributed by atoms with Crippen molar-refractivity contribution in [2.24, 2.45) is 10.2 Å². The zero-order valence-electron chi connectivity index (χ0n) is 13.3. The summed E-state index contributed by atoms with van der Waals surface area (Å²) in [5.74, 6) is -1.44. The van der Waals surface area contributed by atoms with Gasteiger partial charge in [0.1, 0.15) is 5.65 Å². The Labute approximate surface area is 142 Å². The van der Waals surface area contributed by atoms with Gasteiger partial charge >= 0.3 is 11.9 Å². The van der Waals surface area contributed by atoms with Crippen LogP contribution in [0, 0.1) is 0 Å². The van der Waals surface area contributed by atoms with Crippen molar-refractivity contribution < 1.29 is 19.4 Å². The molecule has 0 radical (unpaired) electrons. The maximum Gasteiger partial charge on any atom is 0.360 e. The maximum absolute atomic E-state index is 12.1. The van der Waals surface area contributed by atoms with E-state index in [2.05, 4.69) is 15.2 Å². The lowest BCUT2D eigenvalue weighted by Crippen LogP contribution is -2.05. The molecule has 8 nitrogen and oxygen atoms in total. The Bertz CT molecular complexity index is 978. The second-order valence-corrected chi connectivity index (χ2v) is 4.99. The topological polar surface area (TPSA) is 106 Å². The van der Waals surface area contributed by atoms with Crippen LogP contribution in [0.4, 0.5) is 11.5 Å². The zero-order valence-corrected chi connectivity index (χ0v) is 13.3. The van der Waals surface area contributed by atoms with Gasteiger partial charge in [-0.1, -0.05) is 12.1 Å². The van der Waals surface area contributed by atoms with E-state index in [1.807, 2.05) is 0 Å². The molecule has 0 unspecified atom stereocenters. The number of pyridine rings is 1. The van der Waals surface area contributed by atoms with E-state index in [1.165, 1.54) is 12.1 Å². The molecule has 3 aromatic rings. The van der Waals surface area contributed by atoms with Gasteiger partial charge < -0.3 is 9.84 Å². The minimum atomic E-state index is -1.06. The van der Waals surface area contributed by atoms with Gasteiger partial charge in [-0.15, -0.1) is 10.2 Å². The standard InChI is InChI=1S/C17H14N4O4/c1-2-25-17(24)14-15(21-9-4-3-8-13(21)18-14)20-19-12-7-5-6-11(10-12)16(22)23/h3-10H,2H2,1H3,(H,22,23). The molecule has 25 heavy (non-hydrogen) atoms. The van der Waals surface area contributed by atoms with Gasteiger partial charge in [0.15, 0.2) is 11.5 Å². The van der Waals surface area contributed by atoms with Gasteiger partial charge in [0.05, 0.1) is 17.9 Å². The van der Waals surface area contributed by atoms with Crippen LogP contribution < -0.4 is 0 Å². The number of ether oxygens (including phenoxy) is 1. The number of fused-ring (bicyclic) bond motifs is 1. The third-order valence-corrected chi connectivity index (χ3v) is 3.33. The third-order valence-electron chi connectivity index (χ3n) is 3.33. The Morgan fingerprint density at radius 3 is 2.80 bits per heavy atom. The Morgan fingerprint density at radius 2 is 2.04 bits per heavy atom. The molecular formula is C17H14N4O4. The Morgan fingerprint density at radius 1 is 1.20 bits per heavy atom. The second-order valence-electron chi connectivity index (χ2n) is 4.99. The molecule has 0 aliphatic rings. The van der Waals surface area contributed by atoms with Gasteiger partial charge in [-0.25, -0.2) is 14.6 Å². The predicted molar refractivity (Wildman–Crippen MR) is 88.7 cm³/mol. The molecule has 2 aromatic heterocycles. The fourth-order valence-electron chi connectivity index (χ4n) is 2.22. The van der Waals surface area contributed by atoms with Gasteiger partial charge in [0.25, 0.3) is 0 Å². The summed E-state index contributed by atoms with van der Waals surface area (Å²) in [4.78, 5) is 27.4. The van der Waals surface area contributed by atoms with Gasteiger partial charge in [0.2, 0.25) is 0 Å². The van der Waals surface area contributed by atoms with Crippen LogP contribution in [0.25, 0.3) is 5.65 Å². The van der Waals surface area contributed by atoms with Crippen molar-refractivity contribution in [1.29, 1.82) is 0 Å². The summed E-state index contributed by atoms with van der Waals surface area (Å²) >= 11 is 0. The van der Waals surface area contributed by atoms with E-state index in [0.29, 0.717) is 11.3 Å². The zero-order chi connectivity index (χ0) is 17.8. The first kappa shape index (κ1) is 16.3. The highest BCUT2D eigenvalue weighted by atomic mass is 16.5. The van der Waals surface area contributed by atoms with Crippen LogP contribution in [-0.2, 0) is 4.74 Å². The van der Waals surface area contributed by atoms with Gasteiger partial charge in [-0.2, -0.15) is 0 Å². The van der Waals surface area contributed by atoms with Gasteiger partial charge in [-0.05, 0) is 37.3 Å². The molecule has 8 heteroatoms. The van der Waals surface area contributed by atoms with Crippen molar-refractivity contribution >= 4 is 29.1 Å². The van der Waals surface area contributed by atoms with Crippen LogP contribution in [0.3, 0.4) is 0 Å². The van der Waals surface area contributed by atoms with Crippen LogP contribution >= 0.6 is 0 Å². The summed E-state index contributed by atoms with van der Waals surface area (Å²) in [5.41, 5.74) is 1.02. The van der Waals surface area contributed by atoms with E-state index >= 15 is 0 Å². The number of carboxylic acids is 1. The molecule has 0 fully saturated rings. The molecule has 2 heterocycles. The first-order chi connectivity index (χ1) is 12.1. The van der Waals surface area contributed by atoms with Crippen molar-refractivity contribution in [2.75, 3.05) is 6.61 Å². The molecule has 0 aliphatic carbocycles. The third kappa shape index (κ3) is 3.37. The molecule has 1 N–H and O–H groups in total. The average Bonchev–Trinajstić information content (AvgIpc) is 2.99. The summed E-state index contributed by atoms with van der Waals surface area (Å²) in [6.07, 6.45) is 1.70. The molecule has 1 aromatic carbocycles. The summed E-state index contributed by atoms with van der Waals surface area (Å²) in [6.45, 7) is 1.91. The number of carbonyl (C=O) groups excluding carboxylic acids is 1. The smallest absolute Gasteiger partial charge is 0.360 e. The lowest BCUT2D eigenvalue weighted by Gasteiger charge is -2.00. The predicted octanol–water partition coefficient (Wildman–Crippen LogP) is 3.62. The fraction of sp³-hybridized carbons (Fsp3) is 0.118.